The molecule has 27 heavy (non-hydrogen) atoms. The van der Waals surface area contributed by atoms with Crippen LogP contribution < -0.4 is 5.32 Å². The topological polar surface area (TPSA) is 71.8 Å². The maximum atomic E-state index is 12.4. The number of morpholine rings is 1. The van der Waals surface area contributed by atoms with E-state index in [0.717, 1.165) is 54.6 Å². The van der Waals surface area contributed by atoms with Crippen LogP contribution >= 0.6 is 0 Å². The van der Waals surface area contributed by atoms with Crippen molar-refractivity contribution in [2.45, 2.75) is 53.0 Å². The number of amides is 1. The summed E-state index contributed by atoms with van der Waals surface area (Å²) in [6, 6.07) is 1.98. The molecule has 0 unspecified atom stereocenters. The van der Waals surface area contributed by atoms with E-state index in [-0.39, 0.29) is 11.4 Å². The number of ether oxygens (including phenoxy) is 1. The number of rotatable bonds is 6. The highest BCUT2D eigenvalue weighted by Gasteiger charge is 2.28. The van der Waals surface area contributed by atoms with Crippen molar-refractivity contribution in [3.63, 3.8) is 0 Å². The van der Waals surface area contributed by atoms with Crippen molar-refractivity contribution < 1.29 is 9.53 Å². The zero-order valence-corrected chi connectivity index (χ0v) is 17.1. The second-order valence-electron chi connectivity index (χ2n) is 8.01. The van der Waals surface area contributed by atoms with Crippen LogP contribution in [0.5, 0.6) is 0 Å². The fraction of sp³-hybridized carbons (Fsp3) is 0.650. The van der Waals surface area contributed by atoms with Crippen molar-refractivity contribution in [3.8, 4) is 0 Å². The largest absolute Gasteiger partial charge is 0.379 e. The van der Waals surface area contributed by atoms with Gasteiger partial charge in [-0.2, -0.15) is 5.10 Å². The van der Waals surface area contributed by atoms with Gasteiger partial charge in [0.15, 0.2) is 5.65 Å². The normalized spacial score (nSPS) is 16.0. The van der Waals surface area contributed by atoms with Gasteiger partial charge in [-0.1, -0.05) is 0 Å². The number of nitrogens with zero attached hydrogens (tertiary/aromatic N) is 4. The van der Waals surface area contributed by atoms with Gasteiger partial charge in [0.25, 0.3) is 0 Å². The Kier molecular flexibility index (Phi) is 5.81. The third-order valence-corrected chi connectivity index (χ3v) is 5.47. The SMILES string of the molecule is Cc1cc2nc(C)c(CCC(=O)NCC(C)(C)N3CCOCC3)c(C)n2n1. The molecule has 1 aliphatic rings. The van der Waals surface area contributed by atoms with E-state index in [2.05, 4.69) is 34.1 Å². The second-order valence-corrected chi connectivity index (χ2v) is 8.01. The van der Waals surface area contributed by atoms with Crippen molar-refractivity contribution in [1.82, 2.24) is 24.8 Å². The minimum Gasteiger partial charge on any atom is -0.379 e. The van der Waals surface area contributed by atoms with E-state index in [4.69, 9.17) is 4.74 Å². The summed E-state index contributed by atoms with van der Waals surface area (Å²) in [5.41, 5.74) is 4.88. The Hall–Kier alpha value is -1.99. The van der Waals surface area contributed by atoms with Crippen LogP contribution in [0.3, 0.4) is 0 Å². The lowest BCUT2D eigenvalue weighted by molar-refractivity contribution is -0.121. The zero-order chi connectivity index (χ0) is 19.6. The molecule has 2 aromatic rings. The van der Waals surface area contributed by atoms with E-state index in [1.165, 1.54) is 0 Å². The average Bonchev–Trinajstić information content (AvgIpc) is 3.01. The van der Waals surface area contributed by atoms with Gasteiger partial charge in [0.1, 0.15) is 0 Å². The number of carbonyl (C=O) groups is 1. The standard InChI is InChI=1S/C20H31N5O2/c1-14-12-18-22-15(2)17(16(3)25(18)23-14)6-7-19(26)21-13-20(4,5)24-8-10-27-11-9-24/h12H,6-11,13H2,1-5H3,(H,21,26). The molecule has 1 aliphatic heterocycles. The van der Waals surface area contributed by atoms with Crippen molar-refractivity contribution >= 4 is 11.6 Å². The number of fused-ring (bicyclic) bond motifs is 1. The third-order valence-electron chi connectivity index (χ3n) is 5.47. The van der Waals surface area contributed by atoms with Crippen LogP contribution in [0, 0.1) is 20.8 Å². The summed E-state index contributed by atoms with van der Waals surface area (Å²) >= 11 is 0. The number of nitrogens with one attached hydrogen (secondary N) is 1. The van der Waals surface area contributed by atoms with Gasteiger partial charge in [-0.3, -0.25) is 9.69 Å². The summed E-state index contributed by atoms with van der Waals surface area (Å²) in [6.07, 6.45) is 1.12. The van der Waals surface area contributed by atoms with Crippen molar-refractivity contribution in [1.29, 1.82) is 0 Å². The molecule has 0 aromatic carbocycles. The van der Waals surface area contributed by atoms with Crippen LogP contribution in [-0.2, 0) is 16.0 Å². The average molecular weight is 374 g/mol. The van der Waals surface area contributed by atoms with Crippen molar-refractivity contribution in [2.75, 3.05) is 32.8 Å². The van der Waals surface area contributed by atoms with Crippen LogP contribution in [0.1, 0.15) is 42.9 Å². The Labute approximate surface area is 161 Å². The molecule has 1 fully saturated rings. The highest BCUT2D eigenvalue weighted by molar-refractivity contribution is 5.76. The number of carbonyl (C=O) groups excluding carboxylic acids is 1. The molecule has 148 valence electrons. The van der Waals surface area contributed by atoms with Gasteiger partial charge in [-0.15, -0.1) is 0 Å². The monoisotopic (exact) mass is 373 g/mol. The van der Waals surface area contributed by atoms with Gasteiger partial charge in [0.2, 0.25) is 5.91 Å². The Morgan fingerprint density at radius 1 is 1.26 bits per heavy atom. The lowest BCUT2D eigenvalue weighted by Gasteiger charge is -2.40. The van der Waals surface area contributed by atoms with Crippen LogP contribution in [0.2, 0.25) is 0 Å². The second kappa shape index (κ2) is 7.94. The smallest absolute Gasteiger partial charge is 0.220 e. The molecule has 3 heterocycles. The molecule has 0 spiro atoms. The molecule has 0 radical (unpaired) electrons. The van der Waals surface area contributed by atoms with Crippen LogP contribution in [0.15, 0.2) is 6.07 Å². The fourth-order valence-electron chi connectivity index (χ4n) is 3.73. The molecular formula is C20H31N5O2. The summed E-state index contributed by atoms with van der Waals surface area (Å²) < 4.78 is 7.29. The van der Waals surface area contributed by atoms with Gasteiger partial charge >= 0.3 is 0 Å². The maximum absolute atomic E-state index is 12.4. The third kappa shape index (κ3) is 4.47. The summed E-state index contributed by atoms with van der Waals surface area (Å²) in [7, 11) is 0. The Morgan fingerprint density at radius 2 is 1.96 bits per heavy atom. The Bertz CT molecular complexity index is 821. The van der Waals surface area contributed by atoms with Gasteiger partial charge < -0.3 is 10.1 Å². The predicted molar refractivity (Wildman–Crippen MR) is 105 cm³/mol. The number of aryl methyl sites for hydroxylation is 3. The van der Waals surface area contributed by atoms with E-state index in [9.17, 15) is 4.79 Å². The van der Waals surface area contributed by atoms with Crippen LogP contribution in [-0.4, -0.2) is 63.8 Å². The Morgan fingerprint density at radius 3 is 2.67 bits per heavy atom. The van der Waals surface area contributed by atoms with Gasteiger partial charge in [-0.25, -0.2) is 9.50 Å². The molecule has 1 N–H and O–H groups in total. The first-order valence-electron chi connectivity index (χ1n) is 9.70. The zero-order valence-electron chi connectivity index (χ0n) is 17.1. The van der Waals surface area contributed by atoms with E-state index in [1.54, 1.807) is 0 Å². The fourth-order valence-corrected chi connectivity index (χ4v) is 3.73. The molecule has 0 aliphatic carbocycles. The highest BCUT2D eigenvalue weighted by atomic mass is 16.5. The summed E-state index contributed by atoms with van der Waals surface area (Å²) in [5.74, 6) is 0.0758. The first-order valence-corrected chi connectivity index (χ1v) is 9.70. The van der Waals surface area contributed by atoms with Gasteiger partial charge in [0.05, 0.1) is 18.9 Å². The minimum absolute atomic E-state index is 0.0711. The predicted octanol–water partition coefficient (Wildman–Crippen LogP) is 1.81. The lowest BCUT2D eigenvalue weighted by atomic mass is 10.0. The van der Waals surface area contributed by atoms with Crippen molar-refractivity contribution in [2.24, 2.45) is 0 Å². The molecule has 2 aromatic heterocycles. The summed E-state index contributed by atoms with van der Waals surface area (Å²) in [6.45, 7) is 14.3. The molecule has 1 amide bonds. The van der Waals surface area contributed by atoms with E-state index >= 15 is 0 Å². The van der Waals surface area contributed by atoms with Crippen molar-refractivity contribution in [3.05, 3.63) is 28.7 Å². The summed E-state index contributed by atoms with van der Waals surface area (Å²) in [4.78, 5) is 19.4. The number of aromatic nitrogens is 3. The quantitative estimate of drug-likeness (QED) is 0.836. The molecule has 7 nitrogen and oxygen atoms in total. The highest BCUT2D eigenvalue weighted by Crippen LogP contribution is 2.18. The summed E-state index contributed by atoms with van der Waals surface area (Å²) in [5, 5.41) is 7.61. The molecule has 0 atom stereocenters. The number of hydrogen-bond donors (Lipinski definition) is 1. The van der Waals surface area contributed by atoms with Crippen LogP contribution in [0.25, 0.3) is 5.65 Å². The molecule has 7 heteroatoms. The minimum atomic E-state index is -0.0711. The first-order chi connectivity index (χ1) is 12.8. The van der Waals surface area contributed by atoms with E-state index < -0.39 is 0 Å². The molecule has 1 saturated heterocycles. The van der Waals surface area contributed by atoms with Gasteiger partial charge in [-0.05, 0) is 46.6 Å². The molecule has 0 bridgehead atoms. The maximum Gasteiger partial charge on any atom is 0.220 e. The number of hydrogen-bond acceptors (Lipinski definition) is 5. The Balaban J connectivity index is 1.58. The first kappa shape index (κ1) is 19.8. The van der Waals surface area contributed by atoms with Crippen LogP contribution in [0.4, 0.5) is 0 Å². The molecular weight excluding hydrogens is 342 g/mol. The molecule has 0 saturated carbocycles. The van der Waals surface area contributed by atoms with Gasteiger partial charge in [0, 0.05) is 49.0 Å². The van der Waals surface area contributed by atoms with E-state index in [1.807, 2.05) is 31.4 Å². The lowest BCUT2D eigenvalue weighted by Crippen LogP contribution is -2.55. The van der Waals surface area contributed by atoms with E-state index in [0.29, 0.717) is 19.4 Å². The molecule has 3 rings (SSSR count).